The Balaban J connectivity index is 1.62. The number of nitrogens with one attached hydrogen (secondary N) is 1. The normalized spacial score (nSPS) is 14.0. The summed E-state index contributed by atoms with van der Waals surface area (Å²) in [5.41, 5.74) is 3.08. The number of aromatic nitrogens is 3. The summed E-state index contributed by atoms with van der Waals surface area (Å²) in [6.07, 6.45) is 3.06. The molecule has 0 aliphatic heterocycles. The first-order valence-corrected chi connectivity index (χ1v) is 7.99. The lowest BCUT2D eigenvalue weighted by Crippen LogP contribution is -2.15. The SMILES string of the molecule is Cc1ccc(NC(=O)CCc2nnc(CO)n2C2CC2)c(C)c1. The summed E-state index contributed by atoms with van der Waals surface area (Å²) >= 11 is 0. The van der Waals surface area contributed by atoms with E-state index in [9.17, 15) is 9.90 Å². The van der Waals surface area contributed by atoms with Crippen LogP contribution < -0.4 is 5.32 Å². The first kappa shape index (κ1) is 15.7. The number of carbonyl (C=O) groups excluding carboxylic acids is 1. The summed E-state index contributed by atoms with van der Waals surface area (Å²) < 4.78 is 1.99. The molecule has 1 aromatic carbocycles. The van der Waals surface area contributed by atoms with E-state index in [1.165, 1.54) is 5.56 Å². The predicted octanol–water partition coefficient (Wildman–Crippen LogP) is 2.29. The van der Waals surface area contributed by atoms with Crippen molar-refractivity contribution in [3.8, 4) is 0 Å². The standard InChI is InChI=1S/C17H22N4O2/c1-11-3-6-14(12(2)9-11)18-17(23)8-7-15-19-20-16(10-22)21(15)13-4-5-13/h3,6,9,13,22H,4-5,7-8,10H2,1-2H3,(H,18,23). The van der Waals surface area contributed by atoms with Crippen LogP contribution in [0.4, 0.5) is 5.69 Å². The van der Waals surface area contributed by atoms with Crippen molar-refractivity contribution in [3.63, 3.8) is 0 Å². The molecule has 1 aromatic heterocycles. The fraction of sp³-hybridized carbons (Fsp3) is 0.471. The Kier molecular flexibility index (Phi) is 4.43. The van der Waals surface area contributed by atoms with Crippen molar-refractivity contribution in [1.29, 1.82) is 0 Å². The highest BCUT2D eigenvalue weighted by Crippen LogP contribution is 2.36. The smallest absolute Gasteiger partial charge is 0.224 e. The van der Waals surface area contributed by atoms with Crippen LogP contribution in [0.25, 0.3) is 0 Å². The van der Waals surface area contributed by atoms with Gasteiger partial charge in [0.1, 0.15) is 12.4 Å². The van der Waals surface area contributed by atoms with Crippen LogP contribution in [0, 0.1) is 13.8 Å². The zero-order valence-corrected chi connectivity index (χ0v) is 13.5. The number of hydrogen-bond donors (Lipinski definition) is 2. The highest BCUT2D eigenvalue weighted by Gasteiger charge is 2.29. The second kappa shape index (κ2) is 6.50. The number of benzene rings is 1. The molecule has 6 heteroatoms. The molecule has 1 fully saturated rings. The molecule has 0 unspecified atom stereocenters. The van der Waals surface area contributed by atoms with Gasteiger partial charge in [-0.1, -0.05) is 17.7 Å². The van der Waals surface area contributed by atoms with Gasteiger partial charge in [-0.3, -0.25) is 4.79 Å². The monoisotopic (exact) mass is 314 g/mol. The lowest BCUT2D eigenvalue weighted by atomic mass is 10.1. The van der Waals surface area contributed by atoms with Crippen molar-refractivity contribution < 1.29 is 9.90 Å². The van der Waals surface area contributed by atoms with Crippen molar-refractivity contribution in [3.05, 3.63) is 41.0 Å². The van der Waals surface area contributed by atoms with Crippen LogP contribution in [0.15, 0.2) is 18.2 Å². The Morgan fingerprint density at radius 1 is 1.30 bits per heavy atom. The summed E-state index contributed by atoms with van der Waals surface area (Å²) in [5.74, 6) is 1.34. The van der Waals surface area contributed by atoms with Crippen molar-refractivity contribution >= 4 is 11.6 Å². The topological polar surface area (TPSA) is 80.0 Å². The molecule has 3 rings (SSSR count). The molecular weight excluding hydrogens is 292 g/mol. The minimum atomic E-state index is -0.113. The van der Waals surface area contributed by atoms with Crippen LogP contribution >= 0.6 is 0 Å². The molecule has 122 valence electrons. The van der Waals surface area contributed by atoms with Crippen LogP contribution in [0.2, 0.25) is 0 Å². The largest absolute Gasteiger partial charge is 0.388 e. The van der Waals surface area contributed by atoms with E-state index in [-0.39, 0.29) is 12.5 Å². The molecule has 1 aliphatic rings. The number of aliphatic hydroxyl groups is 1. The molecule has 1 amide bonds. The highest BCUT2D eigenvalue weighted by atomic mass is 16.3. The summed E-state index contributed by atoms with van der Waals surface area (Å²) in [4.78, 5) is 12.2. The molecule has 2 aromatic rings. The molecule has 0 bridgehead atoms. The van der Waals surface area contributed by atoms with E-state index >= 15 is 0 Å². The van der Waals surface area contributed by atoms with Crippen molar-refractivity contribution in [2.75, 3.05) is 5.32 Å². The lowest BCUT2D eigenvalue weighted by Gasteiger charge is -2.10. The number of hydrogen-bond acceptors (Lipinski definition) is 4. The molecule has 0 spiro atoms. The van der Waals surface area contributed by atoms with Gasteiger partial charge >= 0.3 is 0 Å². The number of nitrogens with zero attached hydrogens (tertiary/aromatic N) is 3. The van der Waals surface area contributed by atoms with Crippen LogP contribution in [-0.2, 0) is 17.8 Å². The minimum absolute atomic E-state index is 0.0344. The average molecular weight is 314 g/mol. The van der Waals surface area contributed by atoms with Crippen LogP contribution in [0.3, 0.4) is 0 Å². The molecule has 0 radical (unpaired) electrons. The number of carbonyl (C=O) groups is 1. The third kappa shape index (κ3) is 3.59. The molecule has 0 atom stereocenters. The van der Waals surface area contributed by atoms with Crippen molar-refractivity contribution in [1.82, 2.24) is 14.8 Å². The number of aliphatic hydroxyl groups excluding tert-OH is 1. The van der Waals surface area contributed by atoms with Gasteiger partial charge in [-0.25, -0.2) is 0 Å². The molecule has 6 nitrogen and oxygen atoms in total. The fourth-order valence-electron chi connectivity index (χ4n) is 2.79. The zero-order chi connectivity index (χ0) is 16.4. The van der Waals surface area contributed by atoms with Crippen molar-refractivity contribution in [2.24, 2.45) is 0 Å². The van der Waals surface area contributed by atoms with Gasteiger partial charge in [0.25, 0.3) is 0 Å². The second-order valence-corrected chi connectivity index (χ2v) is 6.16. The van der Waals surface area contributed by atoms with E-state index in [1.807, 2.05) is 36.6 Å². The summed E-state index contributed by atoms with van der Waals surface area (Å²) in [6, 6.07) is 6.36. The molecular formula is C17H22N4O2. The number of rotatable bonds is 6. The van der Waals surface area contributed by atoms with Crippen molar-refractivity contribution in [2.45, 2.75) is 52.2 Å². The number of anilines is 1. The summed E-state index contributed by atoms with van der Waals surface area (Å²) in [6.45, 7) is 3.90. The van der Waals surface area contributed by atoms with E-state index in [0.717, 1.165) is 29.9 Å². The quantitative estimate of drug-likeness (QED) is 0.857. The zero-order valence-electron chi connectivity index (χ0n) is 13.5. The van der Waals surface area contributed by atoms with Gasteiger partial charge in [-0.2, -0.15) is 0 Å². The van der Waals surface area contributed by atoms with Gasteiger partial charge in [0.2, 0.25) is 5.91 Å². The van der Waals surface area contributed by atoms with Gasteiger partial charge < -0.3 is 15.0 Å². The Labute approximate surface area is 135 Å². The van der Waals surface area contributed by atoms with E-state index in [1.54, 1.807) is 0 Å². The maximum absolute atomic E-state index is 12.2. The second-order valence-electron chi connectivity index (χ2n) is 6.16. The first-order valence-electron chi connectivity index (χ1n) is 7.99. The Bertz CT molecular complexity index is 719. The van der Waals surface area contributed by atoms with Gasteiger partial charge in [-0.15, -0.1) is 10.2 Å². The highest BCUT2D eigenvalue weighted by molar-refractivity contribution is 5.91. The minimum Gasteiger partial charge on any atom is -0.388 e. The Morgan fingerprint density at radius 3 is 2.70 bits per heavy atom. The van der Waals surface area contributed by atoms with Crippen LogP contribution in [0.1, 0.15) is 48.1 Å². The maximum Gasteiger partial charge on any atom is 0.224 e. The van der Waals surface area contributed by atoms with E-state index in [0.29, 0.717) is 24.7 Å². The van der Waals surface area contributed by atoms with Crippen LogP contribution in [-0.4, -0.2) is 25.8 Å². The van der Waals surface area contributed by atoms with E-state index in [4.69, 9.17) is 0 Å². The predicted molar refractivity (Wildman–Crippen MR) is 87.1 cm³/mol. The fourth-order valence-corrected chi connectivity index (χ4v) is 2.79. The molecule has 1 aliphatic carbocycles. The number of amides is 1. The summed E-state index contributed by atoms with van der Waals surface area (Å²) in [7, 11) is 0. The molecule has 23 heavy (non-hydrogen) atoms. The van der Waals surface area contributed by atoms with Crippen LogP contribution in [0.5, 0.6) is 0 Å². The molecule has 2 N–H and O–H groups in total. The molecule has 1 saturated carbocycles. The van der Waals surface area contributed by atoms with Gasteiger partial charge in [-0.05, 0) is 38.3 Å². The molecule has 0 saturated heterocycles. The van der Waals surface area contributed by atoms with Gasteiger partial charge in [0.15, 0.2) is 5.82 Å². The van der Waals surface area contributed by atoms with Gasteiger partial charge in [0.05, 0.1) is 0 Å². The number of aryl methyl sites for hydroxylation is 3. The lowest BCUT2D eigenvalue weighted by molar-refractivity contribution is -0.116. The third-order valence-corrected chi connectivity index (χ3v) is 4.12. The third-order valence-electron chi connectivity index (χ3n) is 4.12. The average Bonchev–Trinajstić information content (AvgIpc) is 3.28. The van der Waals surface area contributed by atoms with E-state index in [2.05, 4.69) is 15.5 Å². The Morgan fingerprint density at radius 2 is 2.04 bits per heavy atom. The Hall–Kier alpha value is -2.21. The first-order chi connectivity index (χ1) is 11.1. The molecule has 1 heterocycles. The van der Waals surface area contributed by atoms with Gasteiger partial charge in [0, 0.05) is 24.6 Å². The summed E-state index contributed by atoms with van der Waals surface area (Å²) in [5, 5.41) is 20.4. The maximum atomic E-state index is 12.2. The van der Waals surface area contributed by atoms with E-state index < -0.39 is 0 Å².